The molecule has 0 saturated carbocycles. The van der Waals surface area contributed by atoms with Crippen molar-refractivity contribution in [3.05, 3.63) is 85.7 Å². The van der Waals surface area contributed by atoms with Crippen LogP contribution in [-0.4, -0.2) is 0 Å². The molecular weight excluding hydrogens is 402 g/mol. The van der Waals surface area contributed by atoms with E-state index in [0.29, 0.717) is 5.92 Å². The summed E-state index contributed by atoms with van der Waals surface area (Å²) >= 11 is 13.5. The minimum Gasteiger partial charge on any atom is -0.0840 e. The van der Waals surface area contributed by atoms with Gasteiger partial charge in [0.05, 0.1) is 0 Å². The fraction of sp³-hybridized carbons (Fsp3) is 0.200. The highest BCUT2D eigenvalue weighted by Gasteiger charge is 2.50. The monoisotopic (exact) mass is 420 g/mol. The number of rotatable bonds is 1. The molecule has 0 nitrogen and oxygen atoms in total. The number of halogens is 2. The van der Waals surface area contributed by atoms with Crippen LogP contribution in [0.2, 0.25) is 10.0 Å². The van der Waals surface area contributed by atoms with Crippen molar-refractivity contribution in [3.8, 4) is 0 Å². The Kier molecular flexibility index (Phi) is 3.40. The largest absolute Gasteiger partial charge is 0.0840 e. The molecule has 2 unspecified atom stereocenters. The molecule has 0 amide bonds. The Bertz CT molecular complexity index is 1340. The second-order valence-corrected chi connectivity index (χ2v) is 11.3. The number of hydrogen-bond donors (Lipinski definition) is 0. The lowest BCUT2D eigenvalue weighted by molar-refractivity contribution is 0.529. The van der Waals surface area contributed by atoms with Crippen LogP contribution >= 0.6 is 31.1 Å². The molecule has 3 aliphatic rings. The van der Waals surface area contributed by atoms with Crippen molar-refractivity contribution < 1.29 is 0 Å². The smallest absolute Gasteiger partial charge is 0.0482 e. The lowest BCUT2D eigenvalue weighted by atomic mass is 9.77. The molecule has 0 fully saturated rings. The molecule has 3 atom stereocenters. The van der Waals surface area contributed by atoms with Crippen molar-refractivity contribution in [3.63, 3.8) is 0 Å². The molecule has 0 spiro atoms. The summed E-state index contributed by atoms with van der Waals surface area (Å²) in [5.74, 6) is 0.341. The van der Waals surface area contributed by atoms with Crippen LogP contribution in [0.1, 0.15) is 36.5 Å². The standard InChI is InChI=1S/C25H19Cl2P/c1-13-6-4-5-7-18(13)28-19-10-8-16(26)15-12-25(3)14(2)21-17(27)9-11-20(28)23(21)24(25)22(15)19/h4-12,14H,1-3H3/t14-,25?,28?/m0/s1. The van der Waals surface area contributed by atoms with Gasteiger partial charge in [-0.05, 0) is 81.5 Å². The Morgan fingerprint density at radius 2 is 1.61 bits per heavy atom. The molecular formula is C25H19Cl2P. The first-order chi connectivity index (χ1) is 13.4. The zero-order valence-electron chi connectivity index (χ0n) is 16.0. The van der Waals surface area contributed by atoms with Gasteiger partial charge in [0.2, 0.25) is 0 Å². The van der Waals surface area contributed by atoms with Gasteiger partial charge in [-0.3, -0.25) is 0 Å². The summed E-state index contributed by atoms with van der Waals surface area (Å²) in [7, 11) is -0.636. The Morgan fingerprint density at radius 1 is 0.893 bits per heavy atom. The zero-order valence-corrected chi connectivity index (χ0v) is 18.4. The third kappa shape index (κ3) is 1.88. The molecule has 0 saturated heterocycles. The van der Waals surface area contributed by atoms with Crippen LogP contribution in [0.5, 0.6) is 0 Å². The van der Waals surface area contributed by atoms with Gasteiger partial charge in [-0.25, -0.2) is 0 Å². The first kappa shape index (κ1) is 17.3. The van der Waals surface area contributed by atoms with Gasteiger partial charge in [0, 0.05) is 15.5 Å². The highest BCUT2D eigenvalue weighted by atomic mass is 35.5. The van der Waals surface area contributed by atoms with Gasteiger partial charge in [0.25, 0.3) is 0 Å². The van der Waals surface area contributed by atoms with Gasteiger partial charge in [0.15, 0.2) is 0 Å². The maximum atomic E-state index is 6.77. The number of aryl methyl sites for hydroxylation is 1. The maximum absolute atomic E-state index is 6.77. The minimum absolute atomic E-state index is 0.0443. The van der Waals surface area contributed by atoms with Gasteiger partial charge in [-0.2, -0.15) is 0 Å². The minimum atomic E-state index is -0.636. The van der Waals surface area contributed by atoms with E-state index in [1.807, 2.05) is 0 Å². The molecule has 138 valence electrons. The van der Waals surface area contributed by atoms with E-state index in [0.717, 1.165) is 10.0 Å². The van der Waals surface area contributed by atoms with Gasteiger partial charge >= 0.3 is 0 Å². The highest BCUT2D eigenvalue weighted by molar-refractivity contribution is 7.80. The molecule has 1 aliphatic heterocycles. The summed E-state index contributed by atoms with van der Waals surface area (Å²) in [4.78, 5) is 0. The molecule has 0 radical (unpaired) electrons. The fourth-order valence-corrected chi connectivity index (χ4v) is 8.84. The maximum Gasteiger partial charge on any atom is 0.0482 e. The molecule has 0 N–H and O–H groups in total. The Morgan fingerprint density at radius 3 is 2.39 bits per heavy atom. The topological polar surface area (TPSA) is 0 Å². The van der Waals surface area contributed by atoms with Crippen molar-refractivity contribution >= 4 is 58.7 Å². The van der Waals surface area contributed by atoms with Crippen LogP contribution < -0.4 is 26.4 Å². The van der Waals surface area contributed by atoms with Crippen molar-refractivity contribution in [1.29, 1.82) is 0 Å². The lowest BCUT2D eigenvalue weighted by Crippen LogP contribution is -2.45. The Hall–Kier alpha value is -1.59. The second kappa shape index (κ2) is 5.51. The van der Waals surface area contributed by atoms with Gasteiger partial charge in [-0.15, -0.1) is 0 Å². The van der Waals surface area contributed by atoms with Crippen molar-refractivity contribution in [2.45, 2.75) is 26.7 Å². The summed E-state index contributed by atoms with van der Waals surface area (Å²) in [6, 6.07) is 17.6. The molecule has 3 heteroatoms. The summed E-state index contributed by atoms with van der Waals surface area (Å²) in [6.45, 7) is 6.90. The third-order valence-electron chi connectivity index (χ3n) is 6.99. The quantitative estimate of drug-likeness (QED) is 0.508. The van der Waals surface area contributed by atoms with Crippen molar-refractivity contribution in [2.75, 3.05) is 0 Å². The summed E-state index contributed by atoms with van der Waals surface area (Å²) in [5.41, 5.74) is 5.48. The molecule has 3 aromatic rings. The van der Waals surface area contributed by atoms with Gasteiger partial charge < -0.3 is 0 Å². The van der Waals surface area contributed by atoms with Crippen LogP contribution in [0.15, 0.2) is 48.5 Å². The van der Waals surface area contributed by atoms with E-state index in [-0.39, 0.29) is 5.41 Å². The van der Waals surface area contributed by atoms with E-state index in [1.54, 1.807) is 0 Å². The predicted molar refractivity (Wildman–Crippen MR) is 123 cm³/mol. The number of hydrogen-bond acceptors (Lipinski definition) is 0. The fourth-order valence-electron chi connectivity index (χ4n) is 5.51. The van der Waals surface area contributed by atoms with E-state index in [2.05, 4.69) is 75.4 Å². The molecule has 2 aliphatic carbocycles. The molecule has 1 heterocycles. The third-order valence-corrected chi connectivity index (χ3v) is 10.3. The Balaban J connectivity index is 1.87. The van der Waals surface area contributed by atoms with Crippen LogP contribution in [0.3, 0.4) is 0 Å². The molecule has 28 heavy (non-hydrogen) atoms. The van der Waals surface area contributed by atoms with Crippen LogP contribution in [0.25, 0.3) is 11.6 Å². The van der Waals surface area contributed by atoms with Crippen molar-refractivity contribution in [1.82, 2.24) is 0 Å². The molecule has 0 aromatic heterocycles. The second-order valence-electron chi connectivity index (χ2n) is 8.36. The van der Waals surface area contributed by atoms with E-state index < -0.39 is 7.92 Å². The van der Waals surface area contributed by atoms with Crippen LogP contribution in [0.4, 0.5) is 0 Å². The SMILES string of the molecule is Cc1ccccc1P1c2ccc(Cl)c3c2C2=c4c1ccc(Cl)c4=CC2(C)[C@H]3C. The van der Waals surface area contributed by atoms with Crippen LogP contribution in [-0.2, 0) is 0 Å². The van der Waals surface area contributed by atoms with Crippen molar-refractivity contribution in [2.24, 2.45) is 5.41 Å². The first-order valence-electron chi connectivity index (χ1n) is 9.68. The normalized spacial score (nSPS) is 25.7. The van der Waals surface area contributed by atoms with Crippen LogP contribution in [0, 0.1) is 12.3 Å². The van der Waals surface area contributed by atoms with E-state index in [4.69, 9.17) is 23.2 Å². The predicted octanol–water partition coefficient (Wildman–Crippen LogP) is 4.49. The molecule has 0 bridgehead atoms. The zero-order chi connectivity index (χ0) is 19.4. The average molecular weight is 421 g/mol. The molecule has 6 rings (SSSR count). The summed E-state index contributed by atoms with van der Waals surface area (Å²) < 4.78 is 0. The van der Waals surface area contributed by atoms with E-state index in [9.17, 15) is 0 Å². The first-order valence-corrected chi connectivity index (χ1v) is 11.8. The van der Waals surface area contributed by atoms with E-state index >= 15 is 0 Å². The average Bonchev–Trinajstić information content (AvgIpc) is 3.11. The van der Waals surface area contributed by atoms with E-state index in [1.165, 1.54) is 48.6 Å². The Labute approximate surface area is 176 Å². The lowest BCUT2D eigenvalue weighted by Gasteiger charge is -2.30. The summed E-state index contributed by atoms with van der Waals surface area (Å²) in [5, 5.41) is 8.68. The van der Waals surface area contributed by atoms with Gasteiger partial charge in [-0.1, -0.05) is 79.5 Å². The highest BCUT2D eigenvalue weighted by Crippen LogP contribution is 2.59. The number of benzene rings is 3. The molecule has 3 aromatic carbocycles. The van der Waals surface area contributed by atoms with Gasteiger partial charge in [0.1, 0.15) is 0 Å². The summed E-state index contributed by atoms with van der Waals surface area (Å²) in [6.07, 6.45) is 2.41.